The first kappa shape index (κ1) is 13.3. The second kappa shape index (κ2) is 4.43. The third-order valence-electron chi connectivity index (χ3n) is 3.00. The standard InChI is InChI=1S/C9H9F3N8O/c10-9(11,12)7-17-15-4-3-19(1-2-20(4)7)6(21)5-14-8(13)18-16-5/h1-3H2,(H3,13,14,16,18). The summed E-state index contributed by atoms with van der Waals surface area (Å²) in [5.41, 5.74) is 5.30. The first-order valence-corrected chi connectivity index (χ1v) is 5.82. The minimum atomic E-state index is -4.57. The number of fused-ring (bicyclic) bond motifs is 1. The van der Waals surface area contributed by atoms with Crippen LogP contribution >= 0.6 is 0 Å². The lowest BCUT2D eigenvalue weighted by atomic mass is 10.3. The smallest absolute Gasteiger partial charge is 0.366 e. The molecule has 112 valence electrons. The van der Waals surface area contributed by atoms with Crippen molar-refractivity contribution in [3.05, 3.63) is 17.5 Å². The summed E-state index contributed by atoms with van der Waals surface area (Å²) in [7, 11) is 0. The van der Waals surface area contributed by atoms with Crippen LogP contribution in [-0.4, -0.2) is 47.3 Å². The Labute approximate surface area is 115 Å². The molecule has 1 aliphatic rings. The molecule has 0 saturated heterocycles. The Morgan fingerprint density at radius 3 is 2.67 bits per heavy atom. The number of amides is 1. The summed E-state index contributed by atoms with van der Waals surface area (Å²) in [6.45, 7) is -0.0669. The Hall–Kier alpha value is -2.66. The molecule has 2 aromatic heterocycles. The molecule has 0 radical (unpaired) electrons. The molecule has 3 N–H and O–H groups in total. The van der Waals surface area contributed by atoms with E-state index in [2.05, 4.69) is 25.4 Å². The van der Waals surface area contributed by atoms with Crippen LogP contribution < -0.4 is 5.73 Å². The van der Waals surface area contributed by atoms with Crippen molar-refractivity contribution in [1.82, 2.24) is 34.8 Å². The highest BCUT2D eigenvalue weighted by molar-refractivity contribution is 5.90. The highest BCUT2D eigenvalue weighted by Gasteiger charge is 2.40. The second-order valence-electron chi connectivity index (χ2n) is 4.36. The zero-order valence-corrected chi connectivity index (χ0v) is 10.4. The van der Waals surface area contributed by atoms with Crippen LogP contribution in [0.25, 0.3) is 0 Å². The zero-order valence-electron chi connectivity index (χ0n) is 10.4. The summed E-state index contributed by atoms with van der Waals surface area (Å²) in [5, 5.41) is 12.5. The van der Waals surface area contributed by atoms with Crippen LogP contribution in [0.5, 0.6) is 0 Å². The molecule has 0 spiro atoms. The maximum absolute atomic E-state index is 12.7. The van der Waals surface area contributed by atoms with Gasteiger partial charge < -0.3 is 15.2 Å². The predicted octanol–water partition coefficient (Wildman–Crippen LogP) is -0.347. The number of alkyl halides is 3. The van der Waals surface area contributed by atoms with E-state index in [4.69, 9.17) is 5.73 Å². The lowest BCUT2D eigenvalue weighted by molar-refractivity contribution is -0.147. The Kier molecular flexibility index (Phi) is 2.81. The van der Waals surface area contributed by atoms with E-state index in [9.17, 15) is 18.0 Å². The third-order valence-corrected chi connectivity index (χ3v) is 3.00. The molecule has 0 unspecified atom stereocenters. The number of nitrogens with one attached hydrogen (secondary N) is 1. The molecule has 1 aliphatic heterocycles. The van der Waals surface area contributed by atoms with Crippen LogP contribution in [0.4, 0.5) is 19.1 Å². The molecule has 2 aromatic rings. The Morgan fingerprint density at radius 2 is 2.05 bits per heavy atom. The van der Waals surface area contributed by atoms with Crippen molar-refractivity contribution >= 4 is 11.9 Å². The van der Waals surface area contributed by atoms with E-state index in [1.165, 1.54) is 4.90 Å². The fourth-order valence-electron chi connectivity index (χ4n) is 2.06. The molecular formula is C9H9F3N8O. The van der Waals surface area contributed by atoms with E-state index in [-0.39, 0.29) is 37.2 Å². The maximum atomic E-state index is 12.7. The van der Waals surface area contributed by atoms with Crippen LogP contribution in [0.3, 0.4) is 0 Å². The van der Waals surface area contributed by atoms with Gasteiger partial charge in [0.2, 0.25) is 17.6 Å². The van der Waals surface area contributed by atoms with Crippen molar-refractivity contribution < 1.29 is 18.0 Å². The molecular weight excluding hydrogens is 293 g/mol. The van der Waals surface area contributed by atoms with Gasteiger partial charge in [0.05, 0.1) is 6.54 Å². The molecule has 3 rings (SSSR count). The molecule has 9 nitrogen and oxygen atoms in total. The van der Waals surface area contributed by atoms with E-state index in [1.54, 1.807) is 0 Å². The normalized spacial score (nSPS) is 15.1. The van der Waals surface area contributed by atoms with Crippen molar-refractivity contribution in [2.24, 2.45) is 0 Å². The van der Waals surface area contributed by atoms with E-state index < -0.39 is 17.9 Å². The number of hydrogen-bond donors (Lipinski definition) is 2. The minimum absolute atomic E-state index is 0.0491. The Morgan fingerprint density at radius 1 is 1.29 bits per heavy atom. The lowest BCUT2D eigenvalue weighted by Crippen LogP contribution is -2.39. The van der Waals surface area contributed by atoms with Gasteiger partial charge >= 0.3 is 6.18 Å². The fraction of sp³-hybridized carbons (Fsp3) is 0.444. The average molecular weight is 302 g/mol. The monoisotopic (exact) mass is 302 g/mol. The molecule has 1 amide bonds. The number of halogens is 3. The largest absolute Gasteiger partial charge is 0.451 e. The van der Waals surface area contributed by atoms with Crippen LogP contribution in [0, 0.1) is 0 Å². The molecule has 21 heavy (non-hydrogen) atoms. The second-order valence-corrected chi connectivity index (χ2v) is 4.36. The Balaban J connectivity index is 1.82. The molecule has 0 bridgehead atoms. The lowest BCUT2D eigenvalue weighted by Gasteiger charge is -2.27. The van der Waals surface area contributed by atoms with Gasteiger partial charge in [0, 0.05) is 13.1 Å². The maximum Gasteiger partial charge on any atom is 0.451 e. The van der Waals surface area contributed by atoms with Gasteiger partial charge in [0.15, 0.2) is 5.82 Å². The van der Waals surface area contributed by atoms with E-state index >= 15 is 0 Å². The summed E-state index contributed by atoms with van der Waals surface area (Å²) in [4.78, 5) is 17.1. The van der Waals surface area contributed by atoms with Crippen LogP contribution in [0.15, 0.2) is 0 Å². The number of nitrogens with zero attached hydrogens (tertiary/aromatic N) is 6. The summed E-state index contributed by atoms with van der Waals surface area (Å²) < 4.78 is 39.0. The summed E-state index contributed by atoms with van der Waals surface area (Å²) in [6.07, 6.45) is -4.57. The van der Waals surface area contributed by atoms with E-state index in [0.717, 1.165) is 4.57 Å². The topological polar surface area (TPSA) is 119 Å². The van der Waals surface area contributed by atoms with Crippen LogP contribution in [0.2, 0.25) is 0 Å². The predicted molar refractivity (Wildman–Crippen MR) is 60.6 cm³/mol. The third kappa shape index (κ3) is 2.28. The van der Waals surface area contributed by atoms with Gasteiger partial charge in [-0.05, 0) is 0 Å². The number of H-pyrrole nitrogens is 1. The number of carbonyl (C=O) groups excluding carboxylic acids is 1. The molecule has 0 aliphatic carbocycles. The average Bonchev–Trinajstić information content (AvgIpc) is 3.02. The van der Waals surface area contributed by atoms with Gasteiger partial charge in [0.1, 0.15) is 0 Å². The molecule has 0 atom stereocenters. The number of nitrogens with two attached hydrogens (primary N) is 1. The highest BCUT2D eigenvalue weighted by Crippen LogP contribution is 2.29. The molecule has 0 aromatic carbocycles. The fourth-order valence-corrected chi connectivity index (χ4v) is 2.06. The van der Waals surface area contributed by atoms with Crippen molar-refractivity contribution in [3.8, 4) is 0 Å². The van der Waals surface area contributed by atoms with Crippen LogP contribution in [-0.2, 0) is 19.3 Å². The number of aromatic amines is 1. The van der Waals surface area contributed by atoms with Gasteiger partial charge in [-0.25, -0.2) is 0 Å². The summed E-state index contributed by atoms with van der Waals surface area (Å²) in [5.74, 6) is -1.67. The van der Waals surface area contributed by atoms with Gasteiger partial charge in [-0.15, -0.1) is 15.3 Å². The first-order chi connectivity index (χ1) is 9.86. The number of hydrogen-bond acceptors (Lipinski definition) is 6. The molecule has 0 saturated carbocycles. The van der Waals surface area contributed by atoms with Gasteiger partial charge in [-0.2, -0.15) is 18.2 Å². The van der Waals surface area contributed by atoms with Crippen molar-refractivity contribution in [1.29, 1.82) is 0 Å². The highest BCUT2D eigenvalue weighted by atomic mass is 19.4. The molecule has 12 heteroatoms. The number of nitrogen functional groups attached to an aromatic ring is 1. The van der Waals surface area contributed by atoms with Gasteiger partial charge in [-0.3, -0.25) is 9.89 Å². The van der Waals surface area contributed by atoms with Gasteiger partial charge in [0.25, 0.3) is 5.91 Å². The number of carbonyl (C=O) groups is 1. The van der Waals surface area contributed by atoms with Gasteiger partial charge in [-0.1, -0.05) is 0 Å². The van der Waals surface area contributed by atoms with E-state index in [1.807, 2.05) is 0 Å². The van der Waals surface area contributed by atoms with Crippen LogP contribution in [0.1, 0.15) is 22.3 Å². The number of rotatable bonds is 1. The van der Waals surface area contributed by atoms with Crippen molar-refractivity contribution in [2.75, 3.05) is 12.3 Å². The summed E-state index contributed by atoms with van der Waals surface area (Å²) in [6, 6.07) is 0. The number of aromatic nitrogens is 6. The summed E-state index contributed by atoms with van der Waals surface area (Å²) >= 11 is 0. The molecule has 3 heterocycles. The minimum Gasteiger partial charge on any atom is -0.366 e. The SMILES string of the molecule is Nc1n[nH]c(C(=O)N2CCn3c(nnc3C(F)(F)F)C2)n1. The van der Waals surface area contributed by atoms with E-state index in [0.29, 0.717) is 0 Å². The zero-order chi connectivity index (χ0) is 15.2. The quantitative estimate of drug-likeness (QED) is 0.743. The van der Waals surface area contributed by atoms with Crippen molar-refractivity contribution in [3.63, 3.8) is 0 Å². The van der Waals surface area contributed by atoms with Crippen molar-refractivity contribution in [2.45, 2.75) is 19.3 Å². The first-order valence-electron chi connectivity index (χ1n) is 5.82. The molecule has 0 fully saturated rings. The Bertz CT molecular complexity index is 689. The number of anilines is 1.